The average Bonchev–Trinajstić information content (AvgIpc) is 2.74. The minimum absolute atomic E-state index is 0.00404. The van der Waals surface area contributed by atoms with Crippen molar-refractivity contribution in [2.45, 2.75) is 0 Å². The average molecular weight is 261 g/mol. The van der Waals surface area contributed by atoms with E-state index < -0.39 is 12.0 Å². The normalized spacial score (nSPS) is 9.95. The first kappa shape index (κ1) is 12.6. The highest BCUT2D eigenvalue weighted by molar-refractivity contribution is 5.99. The van der Waals surface area contributed by atoms with Crippen LogP contribution in [0, 0.1) is 0 Å². The Kier molecular flexibility index (Phi) is 3.42. The van der Waals surface area contributed by atoms with Gasteiger partial charge in [-0.3, -0.25) is 15.0 Å². The van der Waals surface area contributed by atoms with Crippen LogP contribution >= 0.6 is 0 Å². The van der Waals surface area contributed by atoms with Crippen LogP contribution in [0.3, 0.4) is 0 Å². The monoisotopic (exact) mass is 261 g/mol. The summed E-state index contributed by atoms with van der Waals surface area (Å²) in [5.74, 6) is -0.719. The Morgan fingerprint density at radius 1 is 1.32 bits per heavy atom. The van der Waals surface area contributed by atoms with Gasteiger partial charge < -0.3 is 10.4 Å². The molecule has 0 aliphatic rings. The topological polar surface area (TPSA) is 109 Å². The summed E-state index contributed by atoms with van der Waals surface area (Å²) in [4.78, 5) is 26.1. The number of carboxylic acid groups (broad SMARTS) is 1. The number of nitrogens with zero attached hydrogens (tertiary/aromatic N) is 3. The Bertz CT molecular complexity index is 622. The smallest absolute Gasteiger partial charge is 0.337 e. The van der Waals surface area contributed by atoms with E-state index in [2.05, 4.69) is 20.7 Å². The largest absolute Gasteiger partial charge is 0.478 e. The number of amides is 2. The molecule has 0 saturated heterocycles. The van der Waals surface area contributed by atoms with Gasteiger partial charge in [-0.05, 0) is 6.07 Å². The summed E-state index contributed by atoms with van der Waals surface area (Å²) in [6, 6.07) is 2.42. The molecular weight excluding hydrogens is 250 g/mol. The molecule has 0 spiro atoms. The fourth-order valence-corrected chi connectivity index (χ4v) is 1.39. The molecule has 0 aromatic carbocycles. The van der Waals surface area contributed by atoms with Crippen molar-refractivity contribution >= 4 is 23.5 Å². The van der Waals surface area contributed by atoms with Gasteiger partial charge in [-0.1, -0.05) is 0 Å². The van der Waals surface area contributed by atoms with Crippen LogP contribution in [0.2, 0.25) is 0 Å². The highest BCUT2D eigenvalue weighted by Gasteiger charge is 2.08. The van der Waals surface area contributed by atoms with Gasteiger partial charge in [0.1, 0.15) is 0 Å². The van der Waals surface area contributed by atoms with Gasteiger partial charge in [0.05, 0.1) is 17.4 Å². The number of aryl methyl sites for hydroxylation is 1. The summed E-state index contributed by atoms with van der Waals surface area (Å²) < 4.78 is 1.54. The van der Waals surface area contributed by atoms with Crippen molar-refractivity contribution in [1.29, 1.82) is 0 Å². The van der Waals surface area contributed by atoms with E-state index in [1.807, 2.05) is 0 Å². The maximum absolute atomic E-state index is 11.6. The number of urea groups is 1. The molecule has 8 heteroatoms. The summed E-state index contributed by atoms with van der Waals surface area (Å²) in [6.45, 7) is 0. The Labute approximate surface area is 108 Å². The number of carbonyl (C=O) groups is 2. The van der Waals surface area contributed by atoms with Gasteiger partial charge >= 0.3 is 12.0 Å². The second-order valence-corrected chi connectivity index (χ2v) is 3.72. The zero-order valence-electron chi connectivity index (χ0n) is 9.99. The van der Waals surface area contributed by atoms with E-state index in [9.17, 15) is 9.59 Å². The van der Waals surface area contributed by atoms with Crippen molar-refractivity contribution in [3.63, 3.8) is 0 Å². The number of hydrogen-bond acceptors (Lipinski definition) is 4. The number of carbonyl (C=O) groups excluding carboxylic acids is 1. The molecule has 2 aromatic rings. The maximum Gasteiger partial charge on any atom is 0.337 e. The van der Waals surface area contributed by atoms with Crippen LogP contribution in [0.5, 0.6) is 0 Å². The second kappa shape index (κ2) is 5.17. The van der Waals surface area contributed by atoms with Crippen LogP contribution in [0.4, 0.5) is 16.3 Å². The Morgan fingerprint density at radius 3 is 2.74 bits per heavy atom. The SMILES string of the molecule is Cn1ccc(NC(=O)Nc2cncc(C(=O)O)c2)n1. The Hall–Kier alpha value is -2.90. The molecule has 0 fully saturated rings. The van der Waals surface area contributed by atoms with E-state index in [4.69, 9.17) is 5.11 Å². The third-order valence-corrected chi connectivity index (χ3v) is 2.20. The Balaban J connectivity index is 2.02. The standard InChI is InChI=1S/C11H11N5O3/c1-16-3-2-9(15-16)14-11(19)13-8-4-7(10(17)18)5-12-6-8/h2-6H,1H3,(H,17,18)(H2,13,14,15,19). The van der Waals surface area contributed by atoms with E-state index in [1.165, 1.54) is 18.5 Å². The van der Waals surface area contributed by atoms with Crippen LogP contribution in [0.25, 0.3) is 0 Å². The summed E-state index contributed by atoms with van der Waals surface area (Å²) in [6.07, 6.45) is 4.23. The molecule has 0 aliphatic heterocycles. The molecule has 2 aromatic heterocycles. The zero-order valence-corrected chi connectivity index (χ0v) is 9.99. The van der Waals surface area contributed by atoms with Crippen molar-refractivity contribution in [2.24, 2.45) is 7.05 Å². The lowest BCUT2D eigenvalue weighted by atomic mass is 10.3. The molecule has 0 aliphatic carbocycles. The van der Waals surface area contributed by atoms with Crippen molar-refractivity contribution in [2.75, 3.05) is 10.6 Å². The first-order valence-corrected chi connectivity index (χ1v) is 5.30. The number of nitrogens with one attached hydrogen (secondary N) is 2. The summed E-state index contributed by atoms with van der Waals surface area (Å²) in [7, 11) is 1.73. The number of anilines is 2. The fourth-order valence-electron chi connectivity index (χ4n) is 1.39. The number of rotatable bonds is 3. The van der Waals surface area contributed by atoms with Crippen LogP contribution in [0.1, 0.15) is 10.4 Å². The molecule has 0 bridgehead atoms. The number of carboxylic acids is 1. The lowest BCUT2D eigenvalue weighted by molar-refractivity contribution is 0.0696. The van der Waals surface area contributed by atoms with E-state index in [0.717, 1.165) is 0 Å². The van der Waals surface area contributed by atoms with Gasteiger partial charge in [-0.25, -0.2) is 9.59 Å². The molecule has 3 N–H and O–H groups in total. The summed E-state index contributed by atoms with van der Waals surface area (Å²) in [5, 5.41) is 17.7. The van der Waals surface area contributed by atoms with E-state index in [0.29, 0.717) is 5.82 Å². The van der Waals surface area contributed by atoms with E-state index in [-0.39, 0.29) is 11.3 Å². The molecule has 0 saturated carbocycles. The number of pyridine rings is 1. The van der Waals surface area contributed by atoms with Gasteiger partial charge in [0, 0.05) is 25.5 Å². The highest BCUT2D eigenvalue weighted by atomic mass is 16.4. The van der Waals surface area contributed by atoms with E-state index >= 15 is 0 Å². The summed E-state index contributed by atoms with van der Waals surface area (Å²) >= 11 is 0. The van der Waals surface area contributed by atoms with Crippen molar-refractivity contribution in [3.05, 3.63) is 36.3 Å². The van der Waals surface area contributed by atoms with Gasteiger partial charge in [0.15, 0.2) is 5.82 Å². The minimum atomic E-state index is -1.11. The molecule has 98 valence electrons. The van der Waals surface area contributed by atoms with Gasteiger partial charge in [-0.2, -0.15) is 5.10 Å². The van der Waals surface area contributed by atoms with Crippen molar-refractivity contribution in [3.8, 4) is 0 Å². The highest BCUT2D eigenvalue weighted by Crippen LogP contribution is 2.09. The molecule has 2 rings (SSSR count). The zero-order chi connectivity index (χ0) is 13.8. The molecule has 8 nitrogen and oxygen atoms in total. The Morgan fingerprint density at radius 2 is 2.11 bits per heavy atom. The van der Waals surface area contributed by atoms with Crippen molar-refractivity contribution in [1.82, 2.24) is 14.8 Å². The first-order chi connectivity index (χ1) is 9.04. The lowest BCUT2D eigenvalue weighted by Crippen LogP contribution is -2.20. The van der Waals surface area contributed by atoms with Gasteiger partial charge in [0.25, 0.3) is 0 Å². The first-order valence-electron chi connectivity index (χ1n) is 5.30. The summed E-state index contributed by atoms with van der Waals surface area (Å²) in [5.41, 5.74) is 0.281. The predicted octanol–water partition coefficient (Wildman–Crippen LogP) is 1.16. The number of aromatic carboxylic acids is 1. The molecule has 2 amide bonds. The van der Waals surface area contributed by atoms with Crippen LogP contribution in [-0.4, -0.2) is 31.9 Å². The lowest BCUT2D eigenvalue weighted by Gasteiger charge is -2.05. The minimum Gasteiger partial charge on any atom is -0.478 e. The quantitative estimate of drug-likeness (QED) is 0.768. The fraction of sp³-hybridized carbons (Fsp3) is 0.0909. The molecular formula is C11H11N5O3. The number of aromatic nitrogens is 3. The molecule has 19 heavy (non-hydrogen) atoms. The molecule has 0 atom stereocenters. The maximum atomic E-state index is 11.6. The third-order valence-electron chi connectivity index (χ3n) is 2.20. The molecule has 2 heterocycles. The van der Waals surface area contributed by atoms with Crippen molar-refractivity contribution < 1.29 is 14.7 Å². The van der Waals surface area contributed by atoms with Gasteiger partial charge in [-0.15, -0.1) is 0 Å². The predicted molar refractivity (Wildman–Crippen MR) is 67.0 cm³/mol. The number of hydrogen-bond donors (Lipinski definition) is 3. The molecule has 0 radical (unpaired) electrons. The second-order valence-electron chi connectivity index (χ2n) is 3.72. The van der Waals surface area contributed by atoms with Gasteiger partial charge in [0.2, 0.25) is 0 Å². The van der Waals surface area contributed by atoms with E-state index in [1.54, 1.807) is 24.0 Å². The molecule has 0 unspecified atom stereocenters. The van der Waals surface area contributed by atoms with Crippen LogP contribution in [-0.2, 0) is 7.05 Å². The van der Waals surface area contributed by atoms with Crippen LogP contribution < -0.4 is 10.6 Å². The third kappa shape index (κ3) is 3.28. The van der Waals surface area contributed by atoms with Crippen LogP contribution in [0.15, 0.2) is 30.7 Å².